The zero-order chi connectivity index (χ0) is 19.9. The van der Waals surface area contributed by atoms with Crippen molar-refractivity contribution in [1.29, 1.82) is 0 Å². The Hall–Kier alpha value is -1.57. The maximum Gasteiger partial charge on any atom is 0.335 e. The molecule has 2 heterocycles. The number of aliphatic hydroxyl groups is 6. The molecule has 1 aliphatic carbocycles. The third kappa shape index (κ3) is 3.37. The maximum atomic E-state index is 11.4. The number of ether oxygens (including phenoxy) is 3. The largest absolute Gasteiger partial charge is 0.478 e. The van der Waals surface area contributed by atoms with E-state index in [0.29, 0.717) is 0 Å². The van der Waals surface area contributed by atoms with Gasteiger partial charge in [-0.05, 0) is 0 Å². The topological polar surface area (TPSA) is 186 Å². The van der Waals surface area contributed by atoms with E-state index in [9.17, 15) is 40.5 Å². The fraction of sp³-hybridized carbons (Fsp3) is 0.688. The first-order chi connectivity index (χ1) is 12.7. The highest BCUT2D eigenvalue weighted by Gasteiger charge is 2.55. The zero-order valence-corrected chi connectivity index (χ0v) is 14.0. The molecular formula is C16H22O11. The minimum atomic E-state index is -1.85. The molecule has 9 atom stereocenters. The summed E-state index contributed by atoms with van der Waals surface area (Å²) < 4.78 is 16.0. The van der Waals surface area contributed by atoms with E-state index >= 15 is 0 Å². The number of rotatable bonds is 5. The van der Waals surface area contributed by atoms with Gasteiger partial charge in [0.15, 0.2) is 6.29 Å². The van der Waals surface area contributed by atoms with Crippen molar-refractivity contribution in [3.8, 4) is 0 Å². The highest BCUT2D eigenvalue weighted by molar-refractivity contribution is 5.87. The summed E-state index contributed by atoms with van der Waals surface area (Å²) in [6.07, 6.45) is -5.48. The van der Waals surface area contributed by atoms with Crippen molar-refractivity contribution in [2.45, 2.75) is 42.6 Å². The van der Waals surface area contributed by atoms with E-state index in [4.69, 9.17) is 14.2 Å². The molecule has 3 rings (SSSR count). The van der Waals surface area contributed by atoms with Crippen LogP contribution in [-0.2, 0) is 19.0 Å². The van der Waals surface area contributed by atoms with Gasteiger partial charge in [-0.3, -0.25) is 0 Å². The SMILES string of the molecule is O=C(O)C1=CO[C@@H](O[C@@H]2O[C@H](CO)[C@@H](O)[C@H](O)[C@H]2O)[C@@H]2[C@H]1C=C[C@@]2(O)CO. The minimum absolute atomic E-state index is 0.158. The lowest BCUT2D eigenvalue weighted by atomic mass is 9.79. The molecule has 0 spiro atoms. The van der Waals surface area contributed by atoms with Crippen molar-refractivity contribution >= 4 is 5.97 Å². The molecule has 0 radical (unpaired) electrons. The van der Waals surface area contributed by atoms with E-state index < -0.39 is 73.6 Å². The number of hydrogen-bond acceptors (Lipinski definition) is 10. The predicted molar refractivity (Wildman–Crippen MR) is 83.6 cm³/mol. The van der Waals surface area contributed by atoms with E-state index in [2.05, 4.69) is 0 Å². The van der Waals surface area contributed by atoms with Crippen molar-refractivity contribution in [2.24, 2.45) is 11.8 Å². The Bertz CT molecular complexity index is 632. The Labute approximate surface area is 153 Å². The van der Waals surface area contributed by atoms with Crippen LogP contribution in [0.4, 0.5) is 0 Å². The van der Waals surface area contributed by atoms with E-state index in [1.807, 2.05) is 0 Å². The highest BCUT2D eigenvalue weighted by atomic mass is 16.8. The summed E-state index contributed by atoms with van der Waals surface area (Å²) in [6.45, 7) is -1.40. The van der Waals surface area contributed by atoms with Gasteiger partial charge < -0.3 is 50.0 Å². The Morgan fingerprint density at radius 2 is 1.85 bits per heavy atom. The van der Waals surface area contributed by atoms with Crippen LogP contribution in [-0.4, -0.2) is 97.5 Å². The van der Waals surface area contributed by atoms with Crippen molar-refractivity contribution in [2.75, 3.05) is 13.2 Å². The quantitative estimate of drug-likeness (QED) is 0.233. The van der Waals surface area contributed by atoms with Crippen molar-refractivity contribution in [3.05, 3.63) is 24.0 Å². The number of carboxylic acids is 1. The molecule has 0 aromatic rings. The maximum absolute atomic E-state index is 11.4. The second kappa shape index (κ2) is 7.45. The van der Waals surface area contributed by atoms with Gasteiger partial charge in [0.25, 0.3) is 0 Å². The molecule has 0 aromatic carbocycles. The van der Waals surface area contributed by atoms with Crippen LogP contribution in [0, 0.1) is 11.8 Å². The number of allylic oxidation sites excluding steroid dienone is 1. The number of aliphatic hydroxyl groups excluding tert-OH is 5. The third-order valence-corrected chi connectivity index (χ3v) is 5.15. The van der Waals surface area contributed by atoms with Crippen LogP contribution in [0.3, 0.4) is 0 Å². The van der Waals surface area contributed by atoms with Gasteiger partial charge in [0.2, 0.25) is 6.29 Å². The van der Waals surface area contributed by atoms with Crippen LogP contribution < -0.4 is 0 Å². The Morgan fingerprint density at radius 1 is 1.15 bits per heavy atom. The summed E-state index contributed by atoms with van der Waals surface area (Å²) in [6, 6.07) is 0. The average Bonchev–Trinajstić information content (AvgIpc) is 3.01. The summed E-state index contributed by atoms with van der Waals surface area (Å²) in [4.78, 5) is 11.4. The Kier molecular flexibility index (Phi) is 5.57. The lowest BCUT2D eigenvalue weighted by molar-refractivity contribution is -0.346. The lowest BCUT2D eigenvalue weighted by Crippen LogP contribution is -2.61. The number of carbonyl (C=O) groups is 1. The van der Waals surface area contributed by atoms with Crippen LogP contribution in [0.5, 0.6) is 0 Å². The number of fused-ring (bicyclic) bond motifs is 1. The first-order valence-electron chi connectivity index (χ1n) is 8.31. The van der Waals surface area contributed by atoms with E-state index in [-0.39, 0.29) is 5.57 Å². The van der Waals surface area contributed by atoms with Crippen molar-refractivity contribution in [3.63, 3.8) is 0 Å². The number of hydrogen-bond donors (Lipinski definition) is 7. The summed E-state index contributed by atoms with van der Waals surface area (Å²) in [5.41, 5.74) is -2.01. The third-order valence-electron chi connectivity index (χ3n) is 5.15. The van der Waals surface area contributed by atoms with Crippen molar-refractivity contribution in [1.82, 2.24) is 0 Å². The van der Waals surface area contributed by atoms with Crippen molar-refractivity contribution < 1.29 is 54.8 Å². The number of carboxylic acid groups (broad SMARTS) is 1. The summed E-state index contributed by atoms with van der Waals surface area (Å²) >= 11 is 0. The van der Waals surface area contributed by atoms with Gasteiger partial charge in [-0.25, -0.2) is 4.79 Å². The first-order valence-corrected chi connectivity index (χ1v) is 8.31. The van der Waals surface area contributed by atoms with Crippen LogP contribution in [0.15, 0.2) is 24.0 Å². The van der Waals surface area contributed by atoms with Crippen LogP contribution in [0.25, 0.3) is 0 Å². The van der Waals surface area contributed by atoms with Crippen LogP contribution >= 0.6 is 0 Å². The molecular weight excluding hydrogens is 368 g/mol. The smallest absolute Gasteiger partial charge is 0.335 e. The average molecular weight is 390 g/mol. The van der Waals surface area contributed by atoms with Gasteiger partial charge in [-0.2, -0.15) is 0 Å². The summed E-state index contributed by atoms with van der Waals surface area (Å²) in [5, 5.41) is 68.4. The monoisotopic (exact) mass is 390 g/mol. The zero-order valence-electron chi connectivity index (χ0n) is 14.0. The molecule has 11 heteroatoms. The second-order valence-electron chi connectivity index (χ2n) is 6.78. The van der Waals surface area contributed by atoms with E-state index in [1.165, 1.54) is 12.2 Å². The van der Waals surface area contributed by atoms with Gasteiger partial charge in [-0.1, -0.05) is 12.2 Å². The molecule has 152 valence electrons. The standard InChI is InChI=1S/C16H22O11/c17-3-8-10(19)11(20)12(21)15(26-8)27-14-9-6(1-2-16(9,24)5-18)7(4-25-14)13(22)23/h1-2,4,6,8-12,14-15,17-21,24H,3,5H2,(H,22,23)/t6-,8+,9-,10+,11-,12+,14-,15-,16+/m0/s1. The molecule has 7 N–H and O–H groups in total. The normalized spacial score (nSPS) is 46.5. The van der Waals surface area contributed by atoms with Gasteiger partial charge in [0, 0.05) is 5.92 Å². The van der Waals surface area contributed by atoms with E-state index in [0.717, 1.165) is 6.26 Å². The molecule has 1 saturated heterocycles. The molecule has 0 saturated carbocycles. The predicted octanol–water partition coefficient (Wildman–Crippen LogP) is -3.35. The molecule has 27 heavy (non-hydrogen) atoms. The summed E-state index contributed by atoms with van der Waals surface area (Å²) in [7, 11) is 0. The molecule has 11 nitrogen and oxygen atoms in total. The molecule has 3 aliphatic rings. The molecule has 0 unspecified atom stereocenters. The minimum Gasteiger partial charge on any atom is -0.478 e. The van der Waals surface area contributed by atoms with Crippen LogP contribution in [0.2, 0.25) is 0 Å². The summed E-state index contributed by atoms with van der Waals surface area (Å²) in [5.74, 6) is -3.20. The van der Waals surface area contributed by atoms with E-state index in [1.54, 1.807) is 0 Å². The fourth-order valence-corrected chi connectivity index (χ4v) is 3.60. The van der Waals surface area contributed by atoms with Gasteiger partial charge in [0.1, 0.15) is 30.0 Å². The number of aliphatic carboxylic acids is 1. The van der Waals surface area contributed by atoms with Gasteiger partial charge in [0.05, 0.1) is 31.0 Å². The van der Waals surface area contributed by atoms with Gasteiger partial charge in [-0.15, -0.1) is 0 Å². The molecule has 0 aromatic heterocycles. The molecule has 0 amide bonds. The molecule has 0 bridgehead atoms. The fourth-order valence-electron chi connectivity index (χ4n) is 3.60. The highest BCUT2D eigenvalue weighted by Crippen LogP contribution is 2.45. The molecule has 2 aliphatic heterocycles. The first kappa shape index (κ1) is 20.2. The Morgan fingerprint density at radius 3 is 2.44 bits per heavy atom. The van der Waals surface area contributed by atoms with Crippen LogP contribution in [0.1, 0.15) is 0 Å². The second-order valence-corrected chi connectivity index (χ2v) is 6.78. The van der Waals surface area contributed by atoms with Gasteiger partial charge >= 0.3 is 5.97 Å². The lowest BCUT2D eigenvalue weighted by Gasteiger charge is -2.44. The molecule has 1 fully saturated rings. The Balaban J connectivity index is 1.84.